The van der Waals surface area contributed by atoms with Gasteiger partial charge >= 0.3 is 0 Å². The number of ether oxygens (including phenoxy) is 1. The molecular weight excluding hydrogens is 266 g/mol. The second-order valence-corrected chi connectivity index (χ2v) is 4.73. The summed E-state index contributed by atoms with van der Waals surface area (Å²) in [6, 6.07) is 11.4. The lowest BCUT2D eigenvalue weighted by Gasteiger charge is -2.10. The molecular formula is C16H17N3O2. The molecule has 0 atom stereocenters. The van der Waals surface area contributed by atoms with Gasteiger partial charge in [-0.1, -0.05) is 18.2 Å². The van der Waals surface area contributed by atoms with E-state index in [0.717, 1.165) is 22.2 Å². The van der Waals surface area contributed by atoms with Crippen LogP contribution in [0.2, 0.25) is 0 Å². The van der Waals surface area contributed by atoms with E-state index in [4.69, 9.17) is 4.74 Å². The third-order valence-corrected chi connectivity index (χ3v) is 3.28. The largest absolute Gasteiger partial charge is 0.504 e. The van der Waals surface area contributed by atoms with Gasteiger partial charge in [0, 0.05) is 11.9 Å². The number of rotatable bonds is 5. The zero-order valence-electron chi connectivity index (χ0n) is 11.8. The van der Waals surface area contributed by atoms with E-state index < -0.39 is 0 Å². The quantitative estimate of drug-likeness (QED) is 0.672. The smallest absolute Gasteiger partial charge is 0.161 e. The number of hydrogen-bond donors (Lipinski definition) is 3. The summed E-state index contributed by atoms with van der Waals surface area (Å²) in [6.07, 6.45) is 1.80. The summed E-state index contributed by atoms with van der Waals surface area (Å²) in [4.78, 5) is 0. The number of aromatic nitrogens is 2. The van der Waals surface area contributed by atoms with Gasteiger partial charge in [-0.25, -0.2) is 0 Å². The molecule has 3 aromatic rings. The average Bonchev–Trinajstić information content (AvgIpc) is 2.97. The third-order valence-electron chi connectivity index (χ3n) is 3.28. The van der Waals surface area contributed by atoms with Gasteiger partial charge < -0.3 is 15.2 Å². The van der Waals surface area contributed by atoms with Crippen molar-refractivity contribution in [3.05, 3.63) is 48.2 Å². The summed E-state index contributed by atoms with van der Waals surface area (Å²) in [5, 5.41) is 21.2. The van der Waals surface area contributed by atoms with Gasteiger partial charge in [-0.05, 0) is 30.7 Å². The van der Waals surface area contributed by atoms with E-state index in [0.29, 0.717) is 18.9 Å². The molecule has 5 nitrogen and oxygen atoms in total. The molecule has 0 radical (unpaired) electrons. The Kier molecular flexibility index (Phi) is 3.64. The first-order valence-electron chi connectivity index (χ1n) is 6.88. The van der Waals surface area contributed by atoms with Crippen LogP contribution >= 0.6 is 0 Å². The minimum absolute atomic E-state index is 0.163. The molecule has 0 aliphatic carbocycles. The van der Waals surface area contributed by atoms with Crippen LogP contribution in [0.3, 0.4) is 0 Å². The molecule has 0 aliphatic heterocycles. The van der Waals surface area contributed by atoms with E-state index in [1.54, 1.807) is 12.3 Å². The molecule has 1 aromatic heterocycles. The van der Waals surface area contributed by atoms with E-state index in [2.05, 4.69) is 15.5 Å². The van der Waals surface area contributed by atoms with Crippen molar-refractivity contribution in [2.45, 2.75) is 13.5 Å². The minimum atomic E-state index is 0.163. The van der Waals surface area contributed by atoms with E-state index in [1.807, 2.05) is 37.3 Å². The number of fused-ring (bicyclic) bond motifs is 1. The maximum absolute atomic E-state index is 9.71. The fraction of sp³-hybridized carbons (Fsp3) is 0.188. The van der Waals surface area contributed by atoms with E-state index in [1.165, 1.54) is 0 Å². The predicted molar refractivity (Wildman–Crippen MR) is 82.7 cm³/mol. The van der Waals surface area contributed by atoms with Crippen molar-refractivity contribution in [3.63, 3.8) is 0 Å². The van der Waals surface area contributed by atoms with Crippen molar-refractivity contribution in [2.75, 3.05) is 11.9 Å². The second kappa shape index (κ2) is 5.75. The van der Waals surface area contributed by atoms with Crippen LogP contribution < -0.4 is 10.1 Å². The van der Waals surface area contributed by atoms with Gasteiger partial charge in [0.2, 0.25) is 0 Å². The van der Waals surface area contributed by atoms with Gasteiger partial charge in [0.25, 0.3) is 0 Å². The lowest BCUT2D eigenvalue weighted by molar-refractivity contribution is 0.318. The zero-order valence-corrected chi connectivity index (χ0v) is 11.8. The fourth-order valence-electron chi connectivity index (χ4n) is 2.25. The normalized spacial score (nSPS) is 10.7. The van der Waals surface area contributed by atoms with Crippen molar-refractivity contribution in [1.29, 1.82) is 0 Å². The topological polar surface area (TPSA) is 70.2 Å². The molecule has 0 spiro atoms. The highest BCUT2D eigenvalue weighted by molar-refractivity contribution is 5.89. The molecule has 0 bridgehead atoms. The highest BCUT2D eigenvalue weighted by atomic mass is 16.5. The Morgan fingerprint density at radius 3 is 3.05 bits per heavy atom. The zero-order chi connectivity index (χ0) is 14.7. The van der Waals surface area contributed by atoms with Crippen LogP contribution in [-0.2, 0) is 6.54 Å². The molecule has 108 valence electrons. The molecule has 0 saturated carbocycles. The number of nitrogens with one attached hydrogen (secondary N) is 2. The van der Waals surface area contributed by atoms with E-state index in [9.17, 15) is 5.11 Å². The summed E-state index contributed by atoms with van der Waals surface area (Å²) in [6.45, 7) is 3.06. The molecule has 3 N–H and O–H groups in total. The molecule has 21 heavy (non-hydrogen) atoms. The van der Waals surface area contributed by atoms with E-state index >= 15 is 0 Å². The molecule has 0 amide bonds. The SMILES string of the molecule is CCOc1cc(CNc2cccc3cn[nH]c23)ccc1O. The fourth-order valence-corrected chi connectivity index (χ4v) is 2.25. The van der Waals surface area contributed by atoms with Crippen molar-refractivity contribution in [1.82, 2.24) is 10.2 Å². The number of aromatic amines is 1. The third kappa shape index (κ3) is 2.76. The first kappa shape index (κ1) is 13.3. The molecule has 5 heteroatoms. The second-order valence-electron chi connectivity index (χ2n) is 4.73. The maximum Gasteiger partial charge on any atom is 0.161 e. The van der Waals surface area contributed by atoms with Crippen LogP contribution in [0.15, 0.2) is 42.6 Å². The lowest BCUT2D eigenvalue weighted by atomic mass is 10.2. The lowest BCUT2D eigenvalue weighted by Crippen LogP contribution is -2.01. The Balaban J connectivity index is 1.78. The Labute approximate surface area is 122 Å². The minimum Gasteiger partial charge on any atom is -0.504 e. The highest BCUT2D eigenvalue weighted by Gasteiger charge is 2.05. The van der Waals surface area contributed by atoms with Gasteiger partial charge in [-0.3, -0.25) is 5.10 Å². The monoisotopic (exact) mass is 283 g/mol. The van der Waals surface area contributed by atoms with Crippen LogP contribution in [-0.4, -0.2) is 21.9 Å². The number of hydrogen-bond acceptors (Lipinski definition) is 4. The van der Waals surface area contributed by atoms with Crippen molar-refractivity contribution >= 4 is 16.6 Å². The molecule has 0 aliphatic rings. The summed E-state index contributed by atoms with van der Waals surface area (Å²) in [5.41, 5.74) is 3.02. The highest BCUT2D eigenvalue weighted by Crippen LogP contribution is 2.27. The standard InChI is InChI=1S/C16H17N3O2/c1-2-21-15-8-11(6-7-14(15)20)9-17-13-5-3-4-12-10-18-19-16(12)13/h3-8,10,17,20H,2,9H2,1H3,(H,18,19). The molecule has 3 rings (SSSR count). The Morgan fingerprint density at radius 2 is 2.19 bits per heavy atom. The van der Waals surface area contributed by atoms with Crippen LogP contribution in [0.1, 0.15) is 12.5 Å². The number of anilines is 1. The molecule has 0 unspecified atom stereocenters. The Hall–Kier alpha value is -2.69. The molecule has 0 fully saturated rings. The van der Waals surface area contributed by atoms with Crippen LogP contribution in [0.4, 0.5) is 5.69 Å². The van der Waals surface area contributed by atoms with Crippen LogP contribution in [0.25, 0.3) is 10.9 Å². The number of phenolic OH excluding ortho intramolecular Hbond substituents is 1. The summed E-state index contributed by atoms with van der Waals surface area (Å²) >= 11 is 0. The van der Waals surface area contributed by atoms with Gasteiger partial charge in [0.15, 0.2) is 11.5 Å². The number of H-pyrrole nitrogens is 1. The van der Waals surface area contributed by atoms with Crippen molar-refractivity contribution in [3.8, 4) is 11.5 Å². The first-order valence-corrected chi connectivity index (χ1v) is 6.88. The van der Waals surface area contributed by atoms with Gasteiger partial charge in [-0.15, -0.1) is 0 Å². The Morgan fingerprint density at radius 1 is 1.29 bits per heavy atom. The van der Waals surface area contributed by atoms with Gasteiger partial charge in [0.1, 0.15) is 0 Å². The molecule has 2 aromatic carbocycles. The summed E-state index contributed by atoms with van der Waals surface area (Å²) in [7, 11) is 0. The van der Waals surface area contributed by atoms with Crippen molar-refractivity contribution < 1.29 is 9.84 Å². The van der Waals surface area contributed by atoms with Gasteiger partial charge in [-0.2, -0.15) is 5.10 Å². The summed E-state index contributed by atoms with van der Waals surface area (Å²) in [5.74, 6) is 0.674. The number of para-hydroxylation sites is 1. The van der Waals surface area contributed by atoms with Crippen LogP contribution in [0.5, 0.6) is 11.5 Å². The molecule has 0 saturated heterocycles. The molecule has 1 heterocycles. The number of benzene rings is 2. The van der Waals surface area contributed by atoms with Gasteiger partial charge in [0.05, 0.1) is 24.0 Å². The van der Waals surface area contributed by atoms with Crippen molar-refractivity contribution in [2.24, 2.45) is 0 Å². The van der Waals surface area contributed by atoms with Crippen LogP contribution in [0, 0.1) is 0 Å². The maximum atomic E-state index is 9.71. The van der Waals surface area contributed by atoms with E-state index in [-0.39, 0.29) is 5.75 Å². The Bertz CT molecular complexity index is 752. The summed E-state index contributed by atoms with van der Waals surface area (Å²) < 4.78 is 5.39. The number of nitrogens with zero attached hydrogens (tertiary/aromatic N) is 1. The average molecular weight is 283 g/mol. The number of aromatic hydroxyl groups is 1. The predicted octanol–water partition coefficient (Wildman–Crippen LogP) is 3.28. The first-order chi connectivity index (χ1) is 10.3. The number of phenols is 1.